The van der Waals surface area contributed by atoms with E-state index in [0.29, 0.717) is 17.5 Å². The van der Waals surface area contributed by atoms with E-state index in [1.165, 1.54) is 22.9 Å². The van der Waals surface area contributed by atoms with Gasteiger partial charge >= 0.3 is 0 Å². The summed E-state index contributed by atoms with van der Waals surface area (Å²) in [5.41, 5.74) is 2.40. The van der Waals surface area contributed by atoms with Gasteiger partial charge in [-0.1, -0.05) is 41.6 Å². The summed E-state index contributed by atoms with van der Waals surface area (Å²) >= 11 is 6.03. The van der Waals surface area contributed by atoms with Crippen LogP contribution in [0.5, 0.6) is 0 Å². The van der Waals surface area contributed by atoms with Gasteiger partial charge in [0.15, 0.2) is 11.0 Å². The van der Waals surface area contributed by atoms with Gasteiger partial charge in [0.25, 0.3) is 0 Å². The minimum atomic E-state index is -0.838. The van der Waals surface area contributed by atoms with Crippen LogP contribution in [0.15, 0.2) is 46.0 Å². The van der Waals surface area contributed by atoms with Crippen LogP contribution in [-0.4, -0.2) is 26.4 Å². The zero-order chi connectivity index (χ0) is 22.4. The fourth-order valence-electron chi connectivity index (χ4n) is 2.76. The molecule has 1 aromatic heterocycles. The molecule has 0 unspecified atom stereocenters. The van der Waals surface area contributed by atoms with E-state index >= 15 is 0 Å². The molecular formula is C21H21BrF2N4OS2. The summed E-state index contributed by atoms with van der Waals surface area (Å²) in [5, 5.41) is 11.6. The molecule has 1 N–H and O–H groups in total. The highest BCUT2D eigenvalue weighted by Crippen LogP contribution is 2.27. The lowest BCUT2D eigenvalue weighted by Gasteiger charge is -2.09. The predicted molar refractivity (Wildman–Crippen MR) is 125 cm³/mol. The lowest BCUT2D eigenvalue weighted by molar-refractivity contribution is -0.113. The Morgan fingerprint density at radius 2 is 1.90 bits per heavy atom. The highest BCUT2D eigenvalue weighted by atomic mass is 79.9. The number of nitrogens with zero attached hydrogens (tertiary/aromatic N) is 3. The van der Waals surface area contributed by atoms with Crippen LogP contribution in [0.2, 0.25) is 0 Å². The third-order valence-electron chi connectivity index (χ3n) is 4.33. The Balaban J connectivity index is 1.55. The number of hydrogen-bond donors (Lipinski definition) is 1. The minimum Gasteiger partial charge on any atom is -0.322 e. The smallest absolute Gasteiger partial charge is 0.234 e. The fraction of sp³-hybridized carbons (Fsp3) is 0.286. The molecule has 5 nitrogen and oxygen atoms in total. The number of hydrogen-bond acceptors (Lipinski definition) is 5. The van der Waals surface area contributed by atoms with Crippen molar-refractivity contribution in [1.82, 2.24) is 14.8 Å². The number of thioether (sulfide) groups is 2. The maximum Gasteiger partial charge on any atom is 0.234 e. The van der Waals surface area contributed by atoms with Crippen LogP contribution < -0.4 is 5.32 Å². The topological polar surface area (TPSA) is 59.8 Å². The molecule has 2 aromatic carbocycles. The van der Waals surface area contributed by atoms with Gasteiger partial charge in [-0.05, 0) is 41.4 Å². The molecule has 3 aromatic rings. The maximum atomic E-state index is 13.9. The zero-order valence-electron chi connectivity index (χ0n) is 17.0. The second-order valence-electron chi connectivity index (χ2n) is 6.70. The average Bonchev–Trinajstić information content (AvgIpc) is 3.12. The van der Waals surface area contributed by atoms with E-state index in [0.717, 1.165) is 23.7 Å². The maximum absolute atomic E-state index is 13.9. The van der Waals surface area contributed by atoms with E-state index in [2.05, 4.69) is 62.6 Å². The number of halogens is 3. The predicted octanol–water partition coefficient (Wildman–Crippen LogP) is 5.81. The van der Waals surface area contributed by atoms with Crippen molar-refractivity contribution in [3.63, 3.8) is 0 Å². The van der Waals surface area contributed by atoms with Crippen molar-refractivity contribution in [1.29, 1.82) is 0 Å². The molecule has 164 valence electrons. The number of anilines is 1. The zero-order valence-corrected chi connectivity index (χ0v) is 20.2. The lowest BCUT2D eigenvalue weighted by atomic mass is 10.2. The van der Waals surface area contributed by atoms with Gasteiger partial charge in [0.05, 0.1) is 17.2 Å². The van der Waals surface area contributed by atoms with Gasteiger partial charge in [0, 0.05) is 22.8 Å². The summed E-state index contributed by atoms with van der Waals surface area (Å²) in [6.45, 7) is 4.73. The summed E-state index contributed by atoms with van der Waals surface area (Å²) in [6.07, 6.45) is 0. The average molecular weight is 527 g/mol. The SMILES string of the molecule is CCn1c(CSCc2ccc(C)cc2)nnc1SCC(=O)Nc1c(F)cc(F)cc1Br. The first kappa shape index (κ1) is 23.7. The molecule has 3 rings (SSSR count). The molecule has 0 spiro atoms. The van der Waals surface area contributed by atoms with E-state index < -0.39 is 17.5 Å². The van der Waals surface area contributed by atoms with Gasteiger partial charge < -0.3 is 9.88 Å². The van der Waals surface area contributed by atoms with Gasteiger partial charge in [-0.25, -0.2) is 8.78 Å². The molecule has 1 amide bonds. The fourth-order valence-corrected chi connectivity index (χ4v) is 5.02. The molecule has 0 bridgehead atoms. The lowest BCUT2D eigenvalue weighted by Crippen LogP contribution is -2.16. The van der Waals surface area contributed by atoms with E-state index in [-0.39, 0.29) is 15.9 Å². The Hall–Kier alpha value is -1.91. The highest BCUT2D eigenvalue weighted by Gasteiger charge is 2.16. The molecule has 10 heteroatoms. The number of benzene rings is 2. The molecule has 1 heterocycles. The normalized spacial score (nSPS) is 11.0. The molecule has 31 heavy (non-hydrogen) atoms. The molecule has 0 fully saturated rings. The number of aryl methyl sites for hydroxylation is 1. The number of carbonyl (C=O) groups is 1. The number of aromatic nitrogens is 3. The van der Waals surface area contributed by atoms with Crippen LogP contribution in [0.25, 0.3) is 0 Å². The molecule has 0 aliphatic carbocycles. The van der Waals surface area contributed by atoms with Crippen molar-refractivity contribution in [3.05, 3.63) is 69.5 Å². The Labute approximate surface area is 196 Å². The van der Waals surface area contributed by atoms with Gasteiger partial charge in [-0.2, -0.15) is 0 Å². The summed E-state index contributed by atoms with van der Waals surface area (Å²) < 4.78 is 29.2. The van der Waals surface area contributed by atoms with Gasteiger partial charge in [-0.15, -0.1) is 22.0 Å². The van der Waals surface area contributed by atoms with E-state index in [4.69, 9.17) is 0 Å². The van der Waals surface area contributed by atoms with Gasteiger partial charge in [-0.3, -0.25) is 4.79 Å². The summed E-state index contributed by atoms with van der Waals surface area (Å²) in [5.74, 6) is 0.467. The van der Waals surface area contributed by atoms with Crippen LogP contribution in [-0.2, 0) is 22.8 Å². The Morgan fingerprint density at radius 1 is 1.16 bits per heavy atom. The number of amides is 1. The van der Waals surface area contributed by atoms with Crippen LogP contribution >= 0.6 is 39.5 Å². The molecule has 0 radical (unpaired) electrons. The first-order chi connectivity index (χ1) is 14.9. The Bertz CT molecular complexity index is 1040. The first-order valence-corrected chi connectivity index (χ1v) is 12.4. The van der Waals surface area contributed by atoms with Crippen LogP contribution in [0.3, 0.4) is 0 Å². The number of carbonyl (C=O) groups excluding carboxylic acids is 1. The van der Waals surface area contributed by atoms with Crippen molar-refractivity contribution in [2.45, 2.75) is 37.1 Å². The monoisotopic (exact) mass is 526 g/mol. The van der Waals surface area contributed by atoms with Crippen LogP contribution in [0.4, 0.5) is 14.5 Å². The Morgan fingerprint density at radius 3 is 2.58 bits per heavy atom. The largest absolute Gasteiger partial charge is 0.322 e. The molecule has 0 aliphatic heterocycles. The summed E-state index contributed by atoms with van der Waals surface area (Å²) in [4.78, 5) is 12.3. The minimum absolute atomic E-state index is 0.0257. The first-order valence-electron chi connectivity index (χ1n) is 9.50. The highest BCUT2D eigenvalue weighted by molar-refractivity contribution is 9.10. The molecule has 0 saturated heterocycles. The standard InChI is InChI=1S/C21H21BrF2N4OS2/c1-3-28-18(11-30-10-14-6-4-13(2)5-7-14)26-27-21(28)31-12-19(29)25-20-16(22)8-15(23)9-17(20)24/h4-9H,3,10-12H2,1-2H3,(H,25,29). The number of nitrogens with one attached hydrogen (secondary N) is 1. The molecule has 0 saturated carbocycles. The quantitative estimate of drug-likeness (QED) is 0.356. The van der Waals surface area contributed by atoms with Crippen LogP contribution in [0, 0.1) is 18.6 Å². The van der Waals surface area contributed by atoms with Crippen LogP contribution in [0.1, 0.15) is 23.9 Å². The van der Waals surface area contributed by atoms with E-state index in [1.54, 1.807) is 11.8 Å². The summed E-state index contributed by atoms with van der Waals surface area (Å²) in [6, 6.07) is 10.3. The molecule has 0 aliphatic rings. The second kappa shape index (κ2) is 11.1. The van der Waals surface area contributed by atoms with Crippen molar-refractivity contribution in [2.75, 3.05) is 11.1 Å². The van der Waals surface area contributed by atoms with E-state index in [1.807, 2.05) is 11.5 Å². The molecular weight excluding hydrogens is 506 g/mol. The van der Waals surface area contributed by atoms with Crippen molar-refractivity contribution in [2.24, 2.45) is 0 Å². The Kier molecular flexibility index (Phi) is 8.50. The van der Waals surface area contributed by atoms with Crippen molar-refractivity contribution < 1.29 is 13.6 Å². The third-order valence-corrected chi connectivity index (χ3v) is 6.93. The summed E-state index contributed by atoms with van der Waals surface area (Å²) in [7, 11) is 0. The van der Waals surface area contributed by atoms with E-state index in [9.17, 15) is 13.6 Å². The molecule has 0 atom stereocenters. The third kappa shape index (κ3) is 6.54. The van der Waals surface area contributed by atoms with Gasteiger partial charge in [0.1, 0.15) is 11.6 Å². The number of rotatable bonds is 9. The van der Waals surface area contributed by atoms with Gasteiger partial charge in [0.2, 0.25) is 5.91 Å². The van der Waals surface area contributed by atoms with Crippen molar-refractivity contribution >= 4 is 51.0 Å². The second-order valence-corrected chi connectivity index (χ2v) is 9.49. The van der Waals surface area contributed by atoms with Crippen molar-refractivity contribution in [3.8, 4) is 0 Å².